The molecular formula is C40H28O2P2. The first kappa shape index (κ1) is 26.9. The first-order valence-electron chi connectivity index (χ1n) is 14.7. The van der Waals surface area contributed by atoms with Crippen molar-refractivity contribution >= 4 is 78.4 Å². The minimum Gasteiger partial charge on any atom is -0.309 e. The summed E-state index contributed by atoms with van der Waals surface area (Å²) < 4.78 is 31.0. The van der Waals surface area contributed by atoms with Crippen LogP contribution in [0.3, 0.4) is 0 Å². The lowest BCUT2D eigenvalue weighted by atomic mass is 9.94. The summed E-state index contributed by atoms with van der Waals surface area (Å²) in [7, 11) is -6.46. The van der Waals surface area contributed by atoms with Gasteiger partial charge in [-0.05, 0) is 44.5 Å². The molecule has 0 radical (unpaired) electrons. The molecule has 8 rings (SSSR count). The highest BCUT2D eigenvalue weighted by atomic mass is 31.2. The predicted octanol–water partition coefficient (Wildman–Crippen LogP) is 7.86. The fourth-order valence-electron chi connectivity index (χ4n) is 6.73. The third-order valence-corrected chi connectivity index (χ3v) is 15.0. The fourth-order valence-corrected chi connectivity index (χ4v) is 12.4. The molecular weight excluding hydrogens is 574 g/mol. The Kier molecular flexibility index (Phi) is 6.38. The molecule has 2 nitrogen and oxygen atoms in total. The van der Waals surface area contributed by atoms with Crippen LogP contribution in [0.4, 0.5) is 0 Å². The second-order valence-corrected chi connectivity index (χ2v) is 16.6. The van der Waals surface area contributed by atoms with Crippen LogP contribution in [0.1, 0.15) is 0 Å². The van der Waals surface area contributed by atoms with E-state index in [0.717, 1.165) is 64.1 Å². The van der Waals surface area contributed by atoms with Gasteiger partial charge in [-0.3, -0.25) is 0 Å². The standard InChI is InChI=1S/C40H28O2P2/c41-43(31-13-5-1-6-14-31,32-15-7-2-8-16-32)37-27-23-29-22-26-36-38(28-24-30-21-25-35(37)39(29)40(30)36)44(42,33-17-9-3-10-18-33)34-19-11-4-12-20-34/h1-28H. The van der Waals surface area contributed by atoms with Crippen LogP contribution >= 0.6 is 14.3 Å². The first-order chi connectivity index (χ1) is 21.6. The van der Waals surface area contributed by atoms with E-state index in [4.69, 9.17) is 0 Å². The molecule has 0 atom stereocenters. The molecule has 0 spiro atoms. The van der Waals surface area contributed by atoms with E-state index in [9.17, 15) is 0 Å². The highest BCUT2D eigenvalue weighted by Gasteiger charge is 2.34. The van der Waals surface area contributed by atoms with Crippen LogP contribution in [0.2, 0.25) is 0 Å². The minimum absolute atomic E-state index is 0.805. The van der Waals surface area contributed by atoms with Crippen molar-refractivity contribution in [2.45, 2.75) is 0 Å². The molecule has 44 heavy (non-hydrogen) atoms. The summed E-state index contributed by atoms with van der Waals surface area (Å²) in [4.78, 5) is 0. The summed E-state index contributed by atoms with van der Waals surface area (Å²) in [5.74, 6) is 0. The Morgan fingerprint density at radius 2 is 0.568 bits per heavy atom. The number of benzene rings is 8. The lowest BCUT2D eigenvalue weighted by molar-refractivity contribution is 0.592. The molecule has 210 valence electrons. The zero-order chi connectivity index (χ0) is 29.7. The van der Waals surface area contributed by atoms with Crippen LogP contribution in [0.15, 0.2) is 170 Å². The van der Waals surface area contributed by atoms with Crippen molar-refractivity contribution in [3.8, 4) is 0 Å². The van der Waals surface area contributed by atoms with Gasteiger partial charge >= 0.3 is 0 Å². The van der Waals surface area contributed by atoms with E-state index in [1.807, 2.05) is 133 Å². The molecule has 0 unspecified atom stereocenters. The molecule has 0 heterocycles. The zero-order valence-corrected chi connectivity index (χ0v) is 25.7. The molecule has 0 saturated heterocycles. The molecule has 0 fully saturated rings. The molecule has 0 aromatic heterocycles. The Bertz CT molecular complexity index is 2110. The topological polar surface area (TPSA) is 34.1 Å². The monoisotopic (exact) mass is 602 g/mol. The van der Waals surface area contributed by atoms with Crippen LogP contribution in [-0.4, -0.2) is 0 Å². The van der Waals surface area contributed by atoms with Gasteiger partial charge < -0.3 is 9.13 Å². The van der Waals surface area contributed by atoms with Gasteiger partial charge in [0.25, 0.3) is 0 Å². The van der Waals surface area contributed by atoms with Gasteiger partial charge in [-0.25, -0.2) is 0 Å². The Morgan fingerprint density at radius 1 is 0.295 bits per heavy atom. The van der Waals surface area contributed by atoms with Gasteiger partial charge in [0.2, 0.25) is 0 Å². The van der Waals surface area contributed by atoms with Crippen molar-refractivity contribution in [1.29, 1.82) is 0 Å². The van der Waals surface area contributed by atoms with Crippen molar-refractivity contribution in [3.05, 3.63) is 170 Å². The summed E-state index contributed by atoms with van der Waals surface area (Å²) in [6.07, 6.45) is 0. The second-order valence-electron chi connectivity index (χ2n) is 11.2. The Morgan fingerprint density at radius 3 is 0.864 bits per heavy atom. The minimum atomic E-state index is -3.23. The summed E-state index contributed by atoms with van der Waals surface area (Å²) in [5, 5.41) is 11.0. The van der Waals surface area contributed by atoms with E-state index >= 15 is 9.13 Å². The Balaban J connectivity index is 1.48. The van der Waals surface area contributed by atoms with E-state index < -0.39 is 14.3 Å². The lowest BCUT2D eigenvalue weighted by Gasteiger charge is -2.25. The summed E-state index contributed by atoms with van der Waals surface area (Å²) in [6.45, 7) is 0. The van der Waals surface area contributed by atoms with Crippen molar-refractivity contribution < 1.29 is 9.13 Å². The summed E-state index contributed by atoms with van der Waals surface area (Å²) >= 11 is 0. The maximum absolute atomic E-state index is 15.5. The molecule has 0 saturated carbocycles. The van der Waals surface area contributed by atoms with Crippen LogP contribution < -0.4 is 31.8 Å². The van der Waals surface area contributed by atoms with Gasteiger partial charge in [0.1, 0.15) is 0 Å². The van der Waals surface area contributed by atoms with Crippen LogP contribution in [-0.2, 0) is 9.13 Å². The maximum atomic E-state index is 15.5. The second kappa shape index (κ2) is 10.5. The molecule has 0 aliphatic heterocycles. The third-order valence-electron chi connectivity index (χ3n) is 8.78. The van der Waals surface area contributed by atoms with Crippen LogP contribution in [0, 0.1) is 0 Å². The fraction of sp³-hybridized carbons (Fsp3) is 0. The van der Waals surface area contributed by atoms with Crippen LogP contribution in [0.5, 0.6) is 0 Å². The molecule has 0 N–H and O–H groups in total. The van der Waals surface area contributed by atoms with Crippen molar-refractivity contribution in [2.24, 2.45) is 0 Å². The molecule has 0 bridgehead atoms. The zero-order valence-electron chi connectivity index (χ0n) is 23.9. The summed E-state index contributed by atoms with van der Waals surface area (Å²) in [5.41, 5.74) is 0. The van der Waals surface area contributed by atoms with Gasteiger partial charge in [0, 0.05) is 31.8 Å². The molecule has 8 aromatic rings. The molecule has 8 aromatic carbocycles. The van der Waals surface area contributed by atoms with Gasteiger partial charge in [-0.15, -0.1) is 0 Å². The van der Waals surface area contributed by atoms with E-state index in [2.05, 4.69) is 36.4 Å². The Labute approximate surface area is 256 Å². The highest BCUT2D eigenvalue weighted by molar-refractivity contribution is 7.86. The summed E-state index contributed by atoms with van der Waals surface area (Å²) in [6, 6.07) is 56.0. The van der Waals surface area contributed by atoms with E-state index in [1.165, 1.54) is 0 Å². The average Bonchev–Trinajstić information content (AvgIpc) is 3.11. The highest BCUT2D eigenvalue weighted by Crippen LogP contribution is 2.49. The lowest BCUT2D eigenvalue weighted by Crippen LogP contribution is -2.26. The van der Waals surface area contributed by atoms with Crippen LogP contribution in [0.25, 0.3) is 32.3 Å². The van der Waals surface area contributed by atoms with Gasteiger partial charge in [0.05, 0.1) is 0 Å². The van der Waals surface area contributed by atoms with Crippen molar-refractivity contribution in [2.75, 3.05) is 0 Å². The van der Waals surface area contributed by atoms with Crippen molar-refractivity contribution in [1.82, 2.24) is 0 Å². The van der Waals surface area contributed by atoms with E-state index in [1.54, 1.807) is 0 Å². The normalized spacial score (nSPS) is 12.3. The molecule has 0 aliphatic carbocycles. The van der Waals surface area contributed by atoms with Gasteiger partial charge in [-0.2, -0.15) is 0 Å². The molecule has 4 heteroatoms. The smallest absolute Gasteiger partial charge is 0.171 e. The largest absolute Gasteiger partial charge is 0.309 e. The predicted molar refractivity (Wildman–Crippen MR) is 189 cm³/mol. The third kappa shape index (κ3) is 3.96. The van der Waals surface area contributed by atoms with E-state index in [-0.39, 0.29) is 0 Å². The number of hydrogen-bond acceptors (Lipinski definition) is 2. The number of rotatable bonds is 6. The molecule has 0 amide bonds. The van der Waals surface area contributed by atoms with Crippen molar-refractivity contribution in [3.63, 3.8) is 0 Å². The van der Waals surface area contributed by atoms with E-state index in [0.29, 0.717) is 0 Å². The first-order valence-corrected chi connectivity index (χ1v) is 18.2. The average molecular weight is 603 g/mol. The van der Waals surface area contributed by atoms with Gasteiger partial charge in [-0.1, -0.05) is 158 Å². The quantitative estimate of drug-likeness (QED) is 0.143. The maximum Gasteiger partial charge on any atom is 0.171 e. The Hall–Kier alpha value is -4.74. The van der Waals surface area contributed by atoms with Gasteiger partial charge in [0.15, 0.2) is 14.3 Å². The SMILES string of the molecule is O=P(c1ccccc1)(c1ccccc1)c1ccc2ccc3c(P(=O)(c4ccccc4)c4ccccc4)ccc4ccc1c2c43. The number of hydrogen-bond donors (Lipinski definition) is 0. The molecule has 0 aliphatic rings.